The Morgan fingerprint density at radius 3 is 2.15 bits per heavy atom. The number of ether oxygens (including phenoxy) is 5. The topological polar surface area (TPSA) is 151 Å². The first-order valence-corrected chi connectivity index (χ1v) is 12.1. The molecule has 1 aliphatic rings. The van der Waals surface area contributed by atoms with Crippen molar-refractivity contribution < 1.29 is 47.3 Å². The molecule has 3 aromatic rings. The number of carbonyl (C=O) groups excluding carboxylic acids is 4. The molecule has 0 bridgehead atoms. The fraction of sp³-hybridized carbons (Fsp3) is 0.214. The van der Waals surface area contributed by atoms with Crippen molar-refractivity contribution in [1.29, 1.82) is 0 Å². The van der Waals surface area contributed by atoms with Crippen LogP contribution >= 0.6 is 0 Å². The van der Waals surface area contributed by atoms with Crippen molar-refractivity contribution in [2.24, 2.45) is 0 Å². The van der Waals surface area contributed by atoms with Crippen LogP contribution in [0.1, 0.15) is 27.1 Å². The van der Waals surface area contributed by atoms with E-state index in [1.54, 1.807) is 0 Å². The van der Waals surface area contributed by atoms with Gasteiger partial charge >= 0.3 is 5.97 Å². The van der Waals surface area contributed by atoms with Gasteiger partial charge in [-0.15, -0.1) is 0 Å². The number of nitrogens with one attached hydrogen (secondary N) is 3. The minimum atomic E-state index is -1.21. The van der Waals surface area contributed by atoms with Gasteiger partial charge in [0.2, 0.25) is 11.7 Å². The molecule has 1 atom stereocenters. The summed E-state index contributed by atoms with van der Waals surface area (Å²) in [5.74, 6) is -2.19. The Bertz CT molecular complexity index is 1480. The molecule has 214 valence electrons. The van der Waals surface area contributed by atoms with E-state index in [-0.39, 0.29) is 51.2 Å². The van der Waals surface area contributed by atoms with Gasteiger partial charge in [0.25, 0.3) is 11.8 Å². The van der Waals surface area contributed by atoms with Crippen LogP contribution in [0.4, 0.5) is 15.8 Å². The normalized spacial score (nSPS) is 14.0. The summed E-state index contributed by atoms with van der Waals surface area (Å²) >= 11 is 0. The summed E-state index contributed by atoms with van der Waals surface area (Å²) < 4.78 is 39.9. The Labute approximate surface area is 233 Å². The molecule has 4 rings (SSSR count). The van der Waals surface area contributed by atoms with Gasteiger partial charge < -0.3 is 39.6 Å². The summed E-state index contributed by atoms with van der Waals surface area (Å²) in [5, 5.41) is 7.78. The van der Waals surface area contributed by atoms with Crippen LogP contribution in [0.5, 0.6) is 28.7 Å². The second-order valence-corrected chi connectivity index (χ2v) is 8.61. The van der Waals surface area contributed by atoms with Crippen LogP contribution < -0.4 is 34.9 Å². The Morgan fingerprint density at radius 2 is 1.56 bits per heavy atom. The number of halogens is 1. The molecule has 0 radical (unpaired) electrons. The van der Waals surface area contributed by atoms with E-state index < -0.39 is 42.0 Å². The molecule has 12 nitrogen and oxygen atoms in total. The van der Waals surface area contributed by atoms with Crippen molar-refractivity contribution in [3.8, 4) is 28.7 Å². The highest BCUT2D eigenvalue weighted by molar-refractivity contribution is 6.13. The lowest BCUT2D eigenvalue weighted by molar-refractivity contribution is -0.142. The van der Waals surface area contributed by atoms with Crippen LogP contribution in [0.25, 0.3) is 0 Å². The molecule has 1 aliphatic heterocycles. The van der Waals surface area contributed by atoms with Gasteiger partial charge in [0.1, 0.15) is 17.6 Å². The lowest BCUT2D eigenvalue weighted by Gasteiger charge is -2.17. The van der Waals surface area contributed by atoms with E-state index in [9.17, 15) is 23.6 Å². The number of methoxy groups -OCH3 is 4. The Kier molecular flexibility index (Phi) is 8.56. The quantitative estimate of drug-likeness (QED) is 0.330. The zero-order chi connectivity index (χ0) is 29.7. The molecule has 0 unspecified atom stereocenters. The highest BCUT2D eigenvalue weighted by Gasteiger charge is 2.31. The van der Waals surface area contributed by atoms with Crippen LogP contribution in [-0.2, 0) is 14.3 Å². The molecule has 0 saturated heterocycles. The predicted octanol–water partition coefficient (Wildman–Crippen LogP) is 3.51. The minimum Gasteiger partial charge on any atom is -0.493 e. The van der Waals surface area contributed by atoms with Gasteiger partial charge in [0.05, 0.1) is 51.8 Å². The molecule has 0 aromatic heterocycles. The molecule has 1 heterocycles. The maximum atomic E-state index is 13.5. The van der Waals surface area contributed by atoms with Gasteiger partial charge in [-0.1, -0.05) is 0 Å². The van der Waals surface area contributed by atoms with Crippen LogP contribution in [0, 0.1) is 5.82 Å². The van der Waals surface area contributed by atoms with Gasteiger partial charge in [-0.25, -0.2) is 4.39 Å². The van der Waals surface area contributed by atoms with E-state index in [1.807, 2.05) is 0 Å². The molecule has 0 saturated carbocycles. The lowest BCUT2D eigenvalue weighted by Crippen LogP contribution is -2.42. The lowest BCUT2D eigenvalue weighted by atomic mass is 10.1. The average Bonchev–Trinajstić information content (AvgIpc) is 3.08. The second kappa shape index (κ2) is 12.2. The van der Waals surface area contributed by atoms with Crippen molar-refractivity contribution >= 4 is 35.1 Å². The summed E-state index contributed by atoms with van der Waals surface area (Å²) in [4.78, 5) is 51.0. The molecule has 13 heteroatoms. The number of hydrogen-bond donors (Lipinski definition) is 3. The van der Waals surface area contributed by atoms with Crippen LogP contribution in [0.3, 0.4) is 0 Å². The van der Waals surface area contributed by atoms with E-state index in [2.05, 4.69) is 20.7 Å². The highest BCUT2D eigenvalue weighted by Crippen LogP contribution is 2.40. The van der Waals surface area contributed by atoms with Gasteiger partial charge in [-0.05, 0) is 48.5 Å². The number of rotatable bonds is 9. The van der Waals surface area contributed by atoms with Crippen molar-refractivity contribution in [2.75, 3.05) is 39.1 Å². The van der Waals surface area contributed by atoms with E-state index in [4.69, 9.17) is 18.9 Å². The highest BCUT2D eigenvalue weighted by atomic mass is 19.1. The zero-order valence-corrected chi connectivity index (χ0v) is 22.5. The molecular weight excluding hydrogens is 541 g/mol. The number of amides is 3. The molecule has 3 amide bonds. The molecule has 0 spiro atoms. The fourth-order valence-corrected chi connectivity index (χ4v) is 4.00. The van der Waals surface area contributed by atoms with Gasteiger partial charge in [-0.3, -0.25) is 19.2 Å². The summed E-state index contributed by atoms with van der Waals surface area (Å²) in [6.45, 7) is 0. The summed E-state index contributed by atoms with van der Waals surface area (Å²) in [6, 6.07) is 9.39. The third kappa shape index (κ3) is 6.30. The Morgan fingerprint density at radius 1 is 0.902 bits per heavy atom. The van der Waals surface area contributed by atoms with Crippen molar-refractivity contribution in [1.82, 2.24) is 5.32 Å². The number of fused-ring (bicyclic) bond motifs is 1. The first-order chi connectivity index (χ1) is 19.7. The largest absolute Gasteiger partial charge is 0.493 e. The van der Waals surface area contributed by atoms with E-state index in [1.165, 1.54) is 69.9 Å². The molecular formula is C28H26FN3O9. The molecule has 3 aromatic carbocycles. The first-order valence-electron chi connectivity index (χ1n) is 12.1. The van der Waals surface area contributed by atoms with E-state index in [0.717, 1.165) is 7.11 Å². The SMILES string of the molecule is COC(=O)C[C@@H]1NC(=O)c2cc(Oc3ccc(F)cc3)c(NC(=O)c3cc(OC)c(OC)c(OC)c3)cc2NC1=O. The third-order valence-electron chi connectivity index (χ3n) is 6.06. The van der Waals surface area contributed by atoms with E-state index in [0.29, 0.717) is 0 Å². The maximum Gasteiger partial charge on any atom is 0.308 e. The summed E-state index contributed by atoms with van der Waals surface area (Å²) in [7, 11) is 5.40. The van der Waals surface area contributed by atoms with Gasteiger partial charge in [0, 0.05) is 5.56 Å². The van der Waals surface area contributed by atoms with Crippen LogP contribution in [0.15, 0.2) is 48.5 Å². The van der Waals surface area contributed by atoms with Crippen molar-refractivity contribution in [2.45, 2.75) is 12.5 Å². The average molecular weight is 568 g/mol. The second-order valence-electron chi connectivity index (χ2n) is 8.61. The van der Waals surface area contributed by atoms with Crippen molar-refractivity contribution in [3.05, 3.63) is 65.5 Å². The number of anilines is 2. The van der Waals surface area contributed by atoms with Crippen LogP contribution in [0.2, 0.25) is 0 Å². The molecule has 3 N–H and O–H groups in total. The molecule has 41 heavy (non-hydrogen) atoms. The third-order valence-corrected chi connectivity index (χ3v) is 6.06. The number of esters is 1. The van der Waals surface area contributed by atoms with Crippen LogP contribution in [-0.4, -0.2) is 58.2 Å². The standard InChI is InChI=1S/C28H26FN3O9/c1-37-22-9-14(10-23(38-2)25(22)40-4)26(34)31-19-12-18-17(11-21(19)41-16-7-5-15(29)6-8-16)27(35)32-20(28(36)30-18)13-24(33)39-3/h5-12,20H,13H2,1-4H3,(H,30,36)(H,31,34)(H,32,35)/t20-/m0/s1. The fourth-order valence-electron chi connectivity index (χ4n) is 4.00. The smallest absolute Gasteiger partial charge is 0.308 e. The maximum absolute atomic E-state index is 13.5. The monoisotopic (exact) mass is 567 g/mol. The van der Waals surface area contributed by atoms with Gasteiger partial charge in [-0.2, -0.15) is 0 Å². The predicted molar refractivity (Wildman–Crippen MR) is 143 cm³/mol. The van der Waals surface area contributed by atoms with Crippen molar-refractivity contribution in [3.63, 3.8) is 0 Å². The van der Waals surface area contributed by atoms with Gasteiger partial charge in [0.15, 0.2) is 17.2 Å². The molecule has 0 fully saturated rings. The Balaban J connectivity index is 1.75. The minimum absolute atomic E-state index is 0.00591. The Hall–Kier alpha value is -5.33. The molecule has 0 aliphatic carbocycles. The van der Waals surface area contributed by atoms with E-state index >= 15 is 0 Å². The number of carbonyl (C=O) groups is 4. The number of hydrogen-bond acceptors (Lipinski definition) is 9. The zero-order valence-electron chi connectivity index (χ0n) is 22.5. The summed E-state index contributed by atoms with van der Waals surface area (Å²) in [5.41, 5.74) is 0.230. The number of benzene rings is 3. The summed E-state index contributed by atoms with van der Waals surface area (Å²) in [6.07, 6.45) is -0.397. The first kappa shape index (κ1) is 28.7.